The average molecular weight is 466 g/mol. The Bertz CT molecular complexity index is 940. The number of carboxylic acid groups (broad SMARTS) is 1. The van der Waals surface area contributed by atoms with Gasteiger partial charge in [-0.05, 0) is 62.3 Å². The molecular weight excluding hydrogens is 436 g/mol. The van der Waals surface area contributed by atoms with E-state index in [-0.39, 0.29) is 17.5 Å². The van der Waals surface area contributed by atoms with Gasteiger partial charge in [-0.3, -0.25) is 4.79 Å². The molecule has 1 fully saturated rings. The number of carbonyl (C=O) groups is 2. The molecule has 1 aromatic carbocycles. The number of carbonyl (C=O) groups excluding carboxylic acids is 1. The first kappa shape index (κ1) is 24.3. The fourth-order valence-electron chi connectivity index (χ4n) is 4.18. The normalized spacial score (nSPS) is 17.7. The van der Waals surface area contributed by atoms with E-state index in [1.165, 1.54) is 23.5 Å². The minimum Gasteiger partial charge on any atom is -0.477 e. The molecular formula is C24H29F2NO4S. The van der Waals surface area contributed by atoms with E-state index in [4.69, 9.17) is 5.11 Å². The van der Waals surface area contributed by atoms with Crippen LogP contribution in [0.3, 0.4) is 0 Å². The number of aryl methyl sites for hydroxylation is 1. The van der Waals surface area contributed by atoms with Crippen LogP contribution in [0.2, 0.25) is 0 Å². The summed E-state index contributed by atoms with van der Waals surface area (Å²) in [6.07, 6.45) is 3.52. The van der Waals surface area contributed by atoms with Crippen LogP contribution >= 0.6 is 11.3 Å². The zero-order valence-corrected chi connectivity index (χ0v) is 18.9. The zero-order chi connectivity index (χ0) is 23.3. The fourth-order valence-corrected chi connectivity index (χ4v) is 5.07. The molecule has 0 spiro atoms. The molecule has 1 aliphatic heterocycles. The van der Waals surface area contributed by atoms with Gasteiger partial charge in [-0.2, -0.15) is 0 Å². The third kappa shape index (κ3) is 6.59. The van der Waals surface area contributed by atoms with E-state index in [0.717, 1.165) is 31.1 Å². The maximum atomic E-state index is 13.5. The number of carboxylic acids is 1. The van der Waals surface area contributed by atoms with Crippen LogP contribution in [0, 0.1) is 0 Å². The van der Waals surface area contributed by atoms with Crippen LogP contribution in [-0.4, -0.2) is 45.7 Å². The molecule has 32 heavy (non-hydrogen) atoms. The summed E-state index contributed by atoms with van der Waals surface area (Å²) in [5.41, 5.74) is 0.614. The summed E-state index contributed by atoms with van der Waals surface area (Å²) < 4.78 is 27.1. The number of amides is 1. The lowest BCUT2D eigenvalue weighted by Gasteiger charge is -2.25. The maximum Gasteiger partial charge on any atom is 0.345 e. The molecule has 1 aromatic heterocycles. The number of hydrogen-bond donors (Lipinski definition) is 2. The predicted molar refractivity (Wildman–Crippen MR) is 119 cm³/mol. The third-order valence-electron chi connectivity index (χ3n) is 5.89. The number of hydrogen-bond acceptors (Lipinski definition) is 4. The number of aliphatic hydroxyl groups is 1. The van der Waals surface area contributed by atoms with Crippen molar-refractivity contribution in [2.45, 2.75) is 69.9 Å². The van der Waals surface area contributed by atoms with Gasteiger partial charge in [0.05, 0.1) is 6.10 Å². The van der Waals surface area contributed by atoms with Gasteiger partial charge in [0.25, 0.3) is 5.92 Å². The van der Waals surface area contributed by atoms with E-state index in [0.29, 0.717) is 42.7 Å². The second-order valence-corrected chi connectivity index (χ2v) is 9.65. The molecule has 1 saturated heterocycles. The Morgan fingerprint density at radius 3 is 2.78 bits per heavy atom. The van der Waals surface area contributed by atoms with Crippen LogP contribution in [0.5, 0.6) is 0 Å². The van der Waals surface area contributed by atoms with Crippen LogP contribution in [0.1, 0.15) is 64.7 Å². The monoisotopic (exact) mass is 465 g/mol. The number of benzene rings is 1. The van der Waals surface area contributed by atoms with Crippen molar-refractivity contribution in [2.75, 3.05) is 6.54 Å². The quantitative estimate of drug-likeness (QED) is 0.497. The average Bonchev–Trinajstić information content (AvgIpc) is 3.34. The minimum atomic E-state index is -2.91. The smallest absolute Gasteiger partial charge is 0.345 e. The van der Waals surface area contributed by atoms with Gasteiger partial charge in [0.1, 0.15) is 4.88 Å². The highest BCUT2D eigenvalue weighted by Gasteiger charge is 2.30. The van der Waals surface area contributed by atoms with E-state index in [1.54, 1.807) is 18.2 Å². The second kappa shape index (κ2) is 10.5. The molecule has 0 bridgehead atoms. The first-order valence-corrected chi connectivity index (χ1v) is 11.7. The van der Waals surface area contributed by atoms with Gasteiger partial charge in [0.2, 0.25) is 5.91 Å². The standard InChI is InChI=1S/C24H29F2NO4S/c1-24(25,26)17-5-2-4-16(14-17)15-19(28)9-7-18-8-12-22(29)27(18)13-3-6-20-10-11-21(32-20)23(30)31/h2,4-5,10-11,14,18-19,28H,3,6-9,12-13,15H2,1H3,(H,30,31)/t18-,19-/m0/s1. The molecule has 8 heteroatoms. The van der Waals surface area contributed by atoms with Gasteiger partial charge in [0.15, 0.2) is 0 Å². The zero-order valence-electron chi connectivity index (χ0n) is 18.1. The molecule has 2 N–H and O–H groups in total. The third-order valence-corrected chi connectivity index (χ3v) is 7.02. The van der Waals surface area contributed by atoms with Gasteiger partial charge >= 0.3 is 5.97 Å². The lowest BCUT2D eigenvalue weighted by atomic mass is 9.98. The van der Waals surface area contributed by atoms with E-state index in [9.17, 15) is 23.5 Å². The first-order valence-electron chi connectivity index (χ1n) is 10.9. The molecule has 0 saturated carbocycles. The Balaban J connectivity index is 1.47. The largest absolute Gasteiger partial charge is 0.477 e. The van der Waals surface area contributed by atoms with Crippen molar-refractivity contribution in [1.29, 1.82) is 0 Å². The molecule has 2 aromatic rings. The van der Waals surface area contributed by atoms with Gasteiger partial charge in [0, 0.05) is 36.4 Å². The summed E-state index contributed by atoms with van der Waals surface area (Å²) in [6, 6.07) is 9.64. The molecule has 1 aliphatic rings. The first-order chi connectivity index (χ1) is 15.1. The number of nitrogens with zero attached hydrogens (tertiary/aromatic N) is 1. The van der Waals surface area contributed by atoms with Crippen molar-refractivity contribution in [3.63, 3.8) is 0 Å². The lowest BCUT2D eigenvalue weighted by Crippen LogP contribution is -2.34. The minimum absolute atomic E-state index is 0.0593. The molecule has 174 valence electrons. The summed E-state index contributed by atoms with van der Waals surface area (Å²) in [7, 11) is 0. The number of halogens is 2. The molecule has 0 radical (unpaired) electrons. The SMILES string of the molecule is CC(F)(F)c1cccc(C[C@@H](O)CC[C@H]2CCC(=O)N2CCCc2ccc(C(=O)O)s2)c1. The molecule has 2 atom stereocenters. The van der Waals surface area contributed by atoms with Crippen molar-refractivity contribution in [3.8, 4) is 0 Å². The fraction of sp³-hybridized carbons (Fsp3) is 0.500. The number of rotatable bonds is 11. The van der Waals surface area contributed by atoms with Crippen LogP contribution in [0.4, 0.5) is 8.78 Å². The number of alkyl halides is 2. The van der Waals surface area contributed by atoms with Crippen molar-refractivity contribution < 1.29 is 28.6 Å². The second-order valence-electron chi connectivity index (χ2n) is 8.48. The van der Waals surface area contributed by atoms with E-state index < -0.39 is 18.0 Å². The van der Waals surface area contributed by atoms with Crippen molar-refractivity contribution in [1.82, 2.24) is 4.90 Å². The van der Waals surface area contributed by atoms with E-state index >= 15 is 0 Å². The summed E-state index contributed by atoms with van der Waals surface area (Å²) in [5, 5.41) is 19.5. The van der Waals surface area contributed by atoms with Gasteiger partial charge in [-0.15, -0.1) is 11.3 Å². The Hall–Kier alpha value is -2.32. The van der Waals surface area contributed by atoms with Crippen molar-refractivity contribution >= 4 is 23.2 Å². The molecule has 0 aliphatic carbocycles. The van der Waals surface area contributed by atoms with Gasteiger partial charge in [-0.1, -0.05) is 18.2 Å². The number of aliphatic hydroxyl groups excluding tert-OH is 1. The number of thiophene rings is 1. The highest BCUT2D eigenvalue weighted by Crippen LogP contribution is 2.28. The summed E-state index contributed by atoms with van der Waals surface area (Å²) in [6.45, 7) is 1.46. The lowest BCUT2D eigenvalue weighted by molar-refractivity contribution is -0.129. The Labute approximate surface area is 190 Å². The van der Waals surface area contributed by atoms with Gasteiger partial charge in [-0.25, -0.2) is 13.6 Å². The van der Waals surface area contributed by atoms with Crippen LogP contribution < -0.4 is 0 Å². The van der Waals surface area contributed by atoms with Crippen molar-refractivity contribution in [2.24, 2.45) is 0 Å². The predicted octanol–water partition coefficient (Wildman–Crippen LogP) is 4.87. The number of aromatic carboxylic acids is 1. The van der Waals surface area contributed by atoms with Crippen LogP contribution in [0.25, 0.3) is 0 Å². The van der Waals surface area contributed by atoms with Crippen molar-refractivity contribution in [3.05, 3.63) is 57.3 Å². The summed E-state index contributed by atoms with van der Waals surface area (Å²) in [4.78, 5) is 26.5. The highest BCUT2D eigenvalue weighted by atomic mass is 32.1. The Kier molecular flexibility index (Phi) is 8.00. The molecule has 5 nitrogen and oxygen atoms in total. The topological polar surface area (TPSA) is 77.8 Å². The molecule has 1 amide bonds. The van der Waals surface area contributed by atoms with Crippen LogP contribution in [-0.2, 0) is 23.6 Å². The molecule has 2 heterocycles. The summed E-state index contributed by atoms with van der Waals surface area (Å²) in [5.74, 6) is -3.73. The maximum absolute atomic E-state index is 13.5. The summed E-state index contributed by atoms with van der Waals surface area (Å²) >= 11 is 1.26. The van der Waals surface area contributed by atoms with E-state index in [2.05, 4.69) is 0 Å². The van der Waals surface area contributed by atoms with E-state index in [1.807, 2.05) is 11.0 Å². The molecule has 0 unspecified atom stereocenters. The Morgan fingerprint density at radius 1 is 1.31 bits per heavy atom. The van der Waals surface area contributed by atoms with Crippen LogP contribution in [0.15, 0.2) is 36.4 Å². The number of likely N-dealkylation sites (tertiary alicyclic amines) is 1. The van der Waals surface area contributed by atoms with Gasteiger partial charge < -0.3 is 15.1 Å². The highest BCUT2D eigenvalue weighted by molar-refractivity contribution is 7.13. The molecule has 3 rings (SSSR count). The Morgan fingerprint density at radius 2 is 2.09 bits per heavy atom.